The second-order valence-electron chi connectivity index (χ2n) is 5.73. The molecule has 9 nitrogen and oxygen atoms in total. The second kappa shape index (κ2) is 7.08. The van der Waals surface area contributed by atoms with Crippen molar-refractivity contribution >= 4 is 45.9 Å². The lowest BCUT2D eigenvalue weighted by Gasteiger charge is -2.11. The molecule has 132 valence electrons. The highest BCUT2D eigenvalue weighted by Gasteiger charge is 2.15. The first-order valence-electron chi connectivity index (χ1n) is 7.90. The zero-order valence-corrected chi connectivity index (χ0v) is 14.7. The van der Waals surface area contributed by atoms with Crippen molar-refractivity contribution in [3.8, 4) is 0 Å². The van der Waals surface area contributed by atoms with E-state index in [0.29, 0.717) is 52.4 Å². The van der Waals surface area contributed by atoms with E-state index < -0.39 is 0 Å². The molecule has 10 heteroatoms. The fourth-order valence-corrected chi connectivity index (χ4v) is 2.55. The highest BCUT2D eigenvalue weighted by molar-refractivity contribution is 6.31. The molecule has 0 fully saturated rings. The van der Waals surface area contributed by atoms with Gasteiger partial charge in [-0.25, -0.2) is 4.68 Å². The molecule has 0 aliphatic heterocycles. The van der Waals surface area contributed by atoms with Gasteiger partial charge in [-0.15, -0.1) is 5.10 Å². The number of nitrogens with zero attached hydrogens (tertiary/aromatic N) is 5. The highest BCUT2D eigenvalue weighted by atomic mass is 35.5. The van der Waals surface area contributed by atoms with Gasteiger partial charge in [-0.2, -0.15) is 9.97 Å². The van der Waals surface area contributed by atoms with Crippen molar-refractivity contribution in [1.82, 2.24) is 25.0 Å². The van der Waals surface area contributed by atoms with E-state index in [4.69, 9.17) is 23.1 Å². The van der Waals surface area contributed by atoms with E-state index in [1.165, 1.54) is 0 Å². The van der Waals surface area contributed by atoms with E-state index in [9.17, 15) is 0 Å². The molecule has 1 atom stereocenters. The Morgan fingerprint density at radius 2 is 2.08 bits per heavy atom. The summed E-state index contributed by atoms with van der Waals surface area (Å²) in [6, 6.07) is 5.16. The van der Waals surface area contributed by atoms with Gasteiger partial charge in [0.25, 0.3) is 0 Å². The van der Waals surface area contributed by atoms with Crippen molar-refractivity contribution in [1.29, 1.82) is 0 Å². The molecule has 0 radical (unpaired) electrons. The zero-order chi connectivity index (χ0) is 18.0. The Hall–Kier alpha value is -2.65. The Morgan fingerprint density at radius 3 is 2.76 bits per heavy atom. The zero-order valence-electron chi connectivity index (χ0n) is 14.0. The number of fused-ring (bicyclic) bond motifs is 1. The van der Waals surface area contributed by atoms with Crippen LogP contribution >= 0.6 is 11.6 Å². The summed E-state index contributed by atoms with van der Waals surface area (Å²) in [6.07, 6.45) is 0. The average Bonchev–Trinajstić information content (AvgIpc) is 2.95. The van der Waals surface area contributed by atoms with Crippen molar-refractivity contribution in [2.24, 2.45) is 5.73 Å². The lowest BCUT2D eigenvalue weighted by molar-refractivity contribution is 0.641. The molecule has 1 unspecified atom stereocenters. The van der Waals surface area contributed by atoms with E-state index in [1.807, 2.05) is 13.8 Å². The van der Waals surface area contributed by atoms with Crippen LogP contribution < -0.4 is 22.1 Å². The fourth-order valence-electron chi connectivity index (χ4n) is 2.31. The van der Waals surface area contributed by atoms with Crippen LogP contribution in [0.5, 0.6) is 0 Å². The van der Waals surface area contributed by atoms with Crippen LogP contribution in [0.2, 0.25) is 5.02 Å². The van der Waals surface area contributed by atoms with E-state index in [1.54, 1.807) is 22.9 Å². The van der Waals surface area contributed by atoms with Crippen molar-refractivity contribution in [2.75, 3.05) is 22.9 Å². The summed E-state index contributed by atoms with van der Waals surface area (Å²) in [5, 5.41) is 15.1. The van der Waals surface area contributed by atoms with E-state index >= 15 is 0 Å². The van der Waals surface area contributed by atoms with Crippen LogP contribution in [-0.2, 0) is 6.54 Å². The number of nitrogen functional groups attached to an aromatic ring is 1. The molecule has 0 bridgehead atoms. The van der Waals surface area contributed by atoms with Gasteiger partial charge >= 0.3 is 0 Å². The lowest BCUT2D eigenvalue weighted by atomic mass is 10.3. The second-order valence-corrected chi connectivity index (χ2v) is 6.17. The molecule has 1 aromatic carbocycles. The maximum atomic E-state index is 6.07. The Kier molecular flexibility index (Phi) is 4.86. The molecule has 0 saturated carbocycles. The van der Waals surface area contributed by atoms with Crippen LogP contribution in [0, 0.1) is 0 Å². The van der Waals surface area contributed by atoms with Gasteiger partial charge < -0.3 is 22.1 Å². The van der Waals surface area contributed by atoms with Crippen LogP contribution in [0.3, 0.4) is 0 Å². The minimum absolute atomic E-state index is 0.0300. The first-order valence-corrected chi connectivity index (χ1v) is 8.28. The van der Waals surface area contributed by atoms with Gasteiger partial charge in [0.15, 0.2) is 17.0 Å². The normalized spacial score (nSPS) is 12.3. The summed E-state index contributed by atoms with van der Waals surface area (Å²) in [5.74, 6) is 0.956. The van der Waals surface area contributed by atoms with Gasteiger partial charge in [-0.05, 0) is 32.0 Å². The Morgan fingerprint density at radius 1 is 1.28 bits per heavy atom. The van der Waals surface area contributed by atoms with Crippen LogP contribution in [0.4, 0.5) is 23.1 Å². The summed E-state index contributed by atoms with van der Waals surface area (Å²) in [6.45, 7) is 5.06. The molecule has 3 aromatic rings. The molecule has 25 heavy (non-hydrogen) atoms. The van der Waals surface area contributed by atoms with Gasteiger partial charge in [-0.1, -0.05) is 16.8 Å². The van der Waals surface area contributed by atoms with Gasteiger partial charge in [0, 0.05) is 35.5 Å². The molecule has 0 amide bonds. The van der Waals surface area contributed by atoms with Crippen molar-refractivity contribution in [2.45, 2.75) is 26.4 Å². The number of halogens is 1. The summed E-state index contributed by atoms with van der Waals surface area (Å²) in [7, 11) is 0. The van der Waals surface area contributed by atoms with Crippen molar-refractivity contribution in [3.63, 3.8) is 0 Å². The van der Waals surface area contributed by atoms with Crippen LogP contribution in [0.15, 0.2) is 18.2 Å². The molecule has 0 aliphatic carbocycles. The first kappa shape index (κ1) is 17.2. The smallest absolute Gasteiger partial charge is 0.226 e. The van der Waals surface area contributed by atoms with Gasteiger partial charge in [0.1, 0.15) is 0 Å². The Labute approximate surface area is 149 Å². The number of aryl methyl sites for hydroxylation is 1. The summed E-state index contributed by atoms with van der Waals surface area (Å²) in [4.78, 5) is 8.97. The molecular weight excluding hydrogens is 342 g/mol. The number of rotatable bonds is 6. The Balaban J connectivity index is 2.03. The van der Waals surface area contributed by atoms with E-state index in [2.05, 4.69) is 30.9 Å². The van der Waals surface area contributed by atoms with Crippen LogP contribution in [-0.4, -0.2) is 37.5 Å². The largest absolute Gasteiger partial charge is 0.399 e. The summed E-state index contributed by atoms with van der Waals surface area (Å²) < 4.78 is 1.70. The quantitative estimate of drug-likeness (QED) is 0.490. The number of nitrogens with one attached hydrogen (secondary N) is 2. The Bertz CT molecular complexity index is 870. The third-order valence-corrected chi connectivity index (χ3v) is 3.65. The highest BCUT2D eigenvalue weighted by Crippen LogP contribution is 2.27. The van der Waals surface area contributed by atoms with Crippen LogP contribution in [0.25, 0.3) is 11.2 Å². The fraction of sp³-hybridized carbons (Fsp3) is 0.333. The lowest BCUT2D eigenvalue weighted by Crippen LogP contribution is -2.26. The molecule has 0 spiro atoms. The van der Waals surface area contributed by atoms with Gasteiger partial charge in [-0.3, -0.25) is 0 Å². The van der Waals surface area contributed by atoms with Crippen molar-refractivity contribution in [3.05, 3.63) is 23.2 Å². The topological polar surface area (TPSA) is 133 Å². The standard InChI is InChI=1S/C15H20ClN9/c1-3-25-14-12(23-24-25)13(21-15(22-14)19-7-8(2)17)20-11-5-9(16)4-10(18)6-11/h4-6,8H,3,7,17-18H2,1-2H3,(H2,19,20,21,22). The minimum atomic E-state index is -0.0300. The summed E-state index contributed by atoms with van der Waals surface area (Å²) >= 11 is 6.07. The van der Waals surface area contributed by atoms with E-state index in [-0.39, 0.29) is 6.04 Å². The van der Waals surface area contributed by atoms with Gasteiger partial charge in [0.05, 0.1) is 0 Å². The number of nitrogens with two attached hydrogens (primary N) is 2. The number of benzene rings is 1. The number of aromatic nitrogens is 5. The maximum absolute atomic E-state index is 6.07. The molecule has 0 aliphatic rings. The number of hydrogen-bond acceptors (Lipinski definition) is 8. The first-order chi connectivity index (χ1) is 12.0. The monoisotopic (exact) mass is 361 g/mol. The van der Waals surface area contributed by atoms with Crippen LogP contribution in [0.1, 0.15) is 13.8 Å². The predicted molar refractivity (Wildman–Crippen MR) is 100 cm³/mol. The minimum Gasteiger partial charge on any atom is -0.399 e. The summed E-state index contributed by atoms with van der Waals surface area (Å²) in [5.41, 5.74) is 14.1. The molecule has 0 saturated heterocycles. The number of hydrogen-bond donors (Lipinski definition) is 4. The molecule has 3 rings (SSSR count). The molecule has 2 aromatic heterocycles. The third kappa shape index (κ3) is 3.89. The van der Waals surface area contributed by atoms with Gasteiger partial charge in [0.2, 0.25) is 5.95 Å². The molecule has 2 heterocycles. The predicted octanol–water partition coefficient (Wildman–Crippen LogP) is 1.98. The average molecular weight is 362 g/mol. The van der Waals surface area contributed by atoms with Crippen molar-refractivity contribution < 1.29 is 0 Å². The molecular formula is C15H20ClN9. The van der Waals surface area contributed by atoms with E-state index in [0.717, 1.165) is 0 Å². The maximum Gasteiger partial charge on any atom is 0.226 e. The third-order valence-electron chi connectivity index (χ3n) is 3.43. The SMILES string of the molecule is CCn1nnc2c(Nc3cc(N)cc(Cl)c3)nc(NCC(C)N)nc21. The number of anilines is 4. The molecule has 6 N–H and O–H groups in total.